The number of aryl methyl sites for hydroxylation is 1. The normalized spacial score (nSPS) is 11.5. The van der Waals surface area contributed by atoms with Crippen molar-refractivity contribution < 1.29 is 27.3 Å². The lowest BCUT2D eigenvalue weighted by Crippen LogP contribution is -2.42. The molecule has 2 heterocycles. The number of non-ortho nitro benzene ring substituents is 1. The molecular formula is C17H11F4N5O5. The summed E-state index contributed by atoms with van der Waals surface area (Å²) in [6, 6.07) is 3.74. The molecule has 1 amide bonds. The molecule has 0 fully saturated rings. The molecule has 10 nitrogen and oxygen atoms in total. The molecule has 162 valence electrons. The zero-order chi connectivity index (χ0) is 23.1. The zero-order valence-corrected chi connectivity index (χ0v) is 15.4. The molecule has 0 unspecified atom stereocenters. The first-order valence-electron chi connectivity index (χ1n) is 8.31. The number of anilines is 1. The number of nitrogens with zero attached hydrogens (tertiary/aromatic N) is 4. The Morgan fingerprint density at radius 3 is 2.52 bits per heavy atom. The van der Waals surface area contributed by atoms with Gasteiger partial charge in [-0.2, -0.15) is 13.2 Å². The second kappa shape index (κ2) is 7.62. The van der Waals surface area contributed by atoms with Gasteiger partial charge < -0.3 is 5.32 Å². The van der Waals surface area contributed by atoms with Gasteiger partial charge in [0.15, 0.2) is 0 Å². The van der Waals surface area contributed by atoms with E-state index in [0.29, 0.717) is 15.2 Å². The van der Waals surface area contributed by atoms with E-state index in [4.69, 9.17) is 0 Å². The Morgan fingerprint density at radius 1 is 1.23 bits per heavy atom. The van der Waals surface area contributed by atoms with Gasteiger partial charge in [-0.1, -0.05) is 0 Å². The number of nitro groups is 1. The maximum atomic E-state index is 13.8. The highest BCUT2D eigenvalue weighted by Gasteiger charge is 2.33. The number of nitro benzene ring substituents is 1. The number of hydrogen-bond donors (Lipinski definition) is 1. The number of nitrogens with one attached hydrogen (secondary N) is 1. The van der Waals surface area contributed by atoms with E-state index in [0.717, 1.165) is 31.3 Å². The first kappa shape index (κ1) is 21.6. The smallest absolute Gasteiger partial charge is 0.322 e. The number of amides is 1. The van der Waals surface area contributed by atoms with Crippen molar-refractivity contribution in [2.24, 2.45) is 7.05 Å². The number of halogens is 4. The van der Waals surface area contributed by atoms with Gasteiger partial charge in [-0.05, 0) is 18.2 Å². The lowest BCUT2D eigenvalue weighted by atomic mass is 10.2. The average Bonchev–Trinajstić information content (AvgIpc) is 2.70. The number of carbonyl (C=O) groups excluding carboxylic acids is 1. The van der Waals surface area contributed by atoms with Crippen LogP contribution < -0.4 is 16.6 Å². The molecule has 0 saturated heterocycles. The van der Waals surface area contributed by atoms with E-state index in [1.54, 1.807) is 0 Å². The summed E-state index contributed by atoms with van der Waals surface area (Å²) in [7, 11) is 1.06. The minimum absolute atomic E-state index is 0.357. The largest absolute Gasteiger partial charge is 0.433 e. The second-order valence-electron chi connectivity index (χ2n) is 6.27. The van der Waals surface area contributed by atoms with Gasteiger partial charge in [-0.25, -0.2) is 14.2 Å². The van der Waals surface area contributed by atoms with Gasteiger partial charge in [-0.15, -0.1) is 0 Å². The fourth-order valence-corrected chi connectivity index (χ4v) is 2.73. The molecule has 1 N–H and O–H groups in total. The SMILES string of the molecule is Cn1c(=O)n(CC(=O)Nc2cc([N+](=O)[O-])ccc2F)c(=O)c2ccc(C(F)(F)F)nc21. The topological polar surface area (TPSA) is 129 Å². The van der Waals surface area contributed by atoms with Gasteiger partial charge >= 0.3 is 11.9 Å². The maximum absolute atomic E-state index is 13.8. The fraction of sp³-hybridized carbons (Fsp3) is 0.176. The van der Waals surface area contributed by atoms with Crippen LogP contribution >= 0.6 is 0 Å². The molecule has 0 atom stereocenters. The van der Waals surface area contributed by atoms with Crippen LogP contribution in [0.15, 0.2) is 39.9 Å². The summed E-state index contributed by atoms with van der Waals surface area (Å²) >= 11 is 0. The molecule has 2 aromatic heterocycles. The van der Waals surface area contributed by atoms with Gasteiger partial charge in [0.05, 0.1) is 16.0 Å². The highest BCUT2D eigenvalue weighted by Crippen LogP contribution is 2.28. The third-order valence-corrected chi connectivity index (χ3v) is 4.21. The summed E-state index contributed by atoms with van der Waals surface area (Å²) in [6.07, 6.45) is -4.80. The molecule has 0 bridgehead atoms. The number of hydrogen-bond acceptors (Lipinski definition) is 6. The standard InChI is InChI=1S/C17H11F4N5O5/c1-24-14-9(3-5-12(23-14)17(19,20)21)15(28)25(16(24)29)7-13(27)22-11-6-8(26(30)31)2-4-10(11)18/h2-6H,7H2,1H3,(H,22,27). The number of fused-ring (bicyclic) bond motifs is 1. The predicted octanol–water partition coefficient (Wildman–Crippen LogP) is 1.80. The van der Waals surface area contributed by atoms with E-state index in [2.05, 4.69) is 4.98 Å². The first-order chi connectivity index (χ1) is 14.4. The van der Waals surface area contributed by atoms with Crippen LogP contribution in [0.3, 0.4) is 0 Å². The van der Waals surface area contributed by atoms with Crippen LogP contribution in [0.25, 0.3) is 11.0 Å². The molecule has 0 aliphatic rings. The highest BCUT2D eigenvalue weighted by molar-refractivity contribution is 5.91. The summed E-state index contributed by atoms with van der Waals surface area (Å²) in [5, 5.41) is 12.4. The Bertz CT molecular complexity index is 1350. The summed E-state index contributed by atoms with van der Waals surface area (Å²) in [6.45, 7) is -0.926. The third-order valence-electron chi connectivity index (χ3n) is 4.21. The first-order valence-corrected chi connectivity index (χ1v) is 8.31. The molecule has 0 aliphatic carbocycles. The molecule has 0 radical (unpaired) electrons. The summed E-state index contributed by atoms with van der Waals surface area (Å²) in [4.78, 5) is 50.5. The second-order valence-corrected chi connectivity index (χ2v) is 6.27. The number of alkyl halides is 3. The Kier molecular flexibility index (Phi) is 5.31. The lowest BCUT2D eigenvalue weighted by molar-refractivity contribution is -0.384. The van der Waals surface area contributed by atoms with Crippen LogP contribution in [0, 0.1) is 15.9 Å². The van der Waals surface area contributed by atoms with E-state index in [9.17, 15) is 42.1 Å². The number of pyridine rings is 1. The third kappa shape index (κ3) is 4.12. The predicted molar refractivity (Wildman–Crippen MR) is 97.9 cm³/mol. The van der Waals surface area contributed by atoms with Gasteiger partial charge in [0, 0.05) is 19.2 Å². The van der Waals surface area contributed by atoms with Gasteiger partial charge in [-0.3, -0.25) is 28.8 Å². The molecule has 1 aromatic carbocycles. The number of aromatic nitrogens is 3. The van der Waals surface area contributed by atoms with Crippen LogP contribution in [-0.4, -0.2) is 24.9 Å². The van der Waals surface area contributed by atoms with Crippen LogP contribution in [0.1, 0.15) is 5.69 Å². The Morgan fingerprint density at radius 2 is 1.90 bits per heavy atom. The molecule has 0 aliphatic heterocycles. The van der Waals surface area contributed by atoms with Crippen LogP contribution in [0.5, 0.6) is 0 Å². The van der Waals surface area contributed by atoms with Gasteiger partial charge in [0.1, 0.15) is 23.7 Å². The van der Waals surface area contributed by atoms with Gasteiger partial charge in [0.25, 0.3) is 11.2 Å². The Hall–Kier alpha value is -4.10. The quantitative estimate of drug-likeness (QED) is 0.374. The van der Waals surface area contributed by atoms with Crippen molar-refractivity contribution in [3.05, 3.63) is 72.8 Å². The number of carbonyl (C=O) groups is 1. The van der Waals surface area contributed by atoms with E-state index in [1.165, 1.54) is 0 Å². The average molecular weight is 441 g/mol. The molecule has 0 spiro atoms. The van der Waals surface area contributed by atoms with Crippen LogP contribution in [-0.2, 0) is 24.6 Å². The number of benzene rings is 1. The van der Waals surface area contributed by atoms with Crippen LogP contribution in [0.2, 0.25) is 0 Å². The Labute approximate surface area is 168 Å². The summed E-state index contributed by atoms with van der Waals surface area (Å²) in [5.41, 5.74) is -5.14. The van der Waals surface area contributed by atoms with Crippen molar-refractivity contribution in [3.8, 4) is 0 Å². The van der Waals surface area contributed by atoms with Crippen molar-refractivity contribution in [2.75, 3.05) is 5.32 Å². The monoisotopic (exact) mass is 441 g/mol. The maximum Gasteiger partial charge on any atom is 0.433 e. The van der Waals surface area contributed by atoms with E-state index in [1.807, 2.05) is 5.32 Å². The molecule has 3 rings (SSSR count). The summed E-state index contributed by atoms with van der Waals surface area (Å²) < 4.78 is 53.5. The fourth-order valence-electron chi connectivity index (χ4n) is 2.73. The molecule has 3 aromatic rings. The van der Waals surface area contributed by atoms with Crippen molar-refractivity contribution in [2.45, 2.75) is 12.7 Å². The molecular weight excluding hydrogens is 430 g/mol. The van der Waals surface area contributed by atoms with E-state index >= 15 is 0 Å². The van der Waals surface area contributed by atoms with Crippen LogP contribution in [0.4, 0.5) is 28.9 Å². The molecule has 14 heteroatoms. The zero-order valence-electron chi connectivity index (χ0n) is 15.4. The van der Waals surface area contributed by atoms with Crippen molar-refractivity contribution in [1.82, 2.24) is 14.1 Å². The minimum Gasteiger partial charge on any atom is -0.322 e. The van der Waals surface area contributed by atoms with Crippen molar-refractivity contribution in [1.29, 1.82) is 0 Å². The van der Waals surface area contributed by atoms with E-state index in [-0.39, 0.29) is 5.39 Å². The number of rotatable bonds is 4. The Balaban J connectivity index is 2.00. The highest BCUT2D eigenvalue weighted by atomic mass is 19.4. The van der Waals surface area contributed by atoms with E-state index < -0.39 is 63.3 Å². The van der Waals surface area contributed by atoms with Gasteiger partial charge in [0.2, 0.25) is 5.91 Å². The van der Waals surface area contributed by atoms with Crippen molar-refractivity contribution in [3.63, 3.8) is 0 Å². The molecule has 0 saturated carbocycles. The molecule has 31 heavy (non-hydrogen) atoms. The lowest BCUT2D eigenvalue weighted by Gasteiger charge is -2.12. The van der Waals surface area contributed by atoms with Crippen molar-refractivity contribution >= 4 is 28.3 Å². The summed E-state index contributed by atoms with van der Waals surface area (Å²) in [5.74, 6) is -2.07. The minimum atomic E-state index is -4.80.